The number of carbonyl (C=O) groups excluding carboxylic acids is 2. The van der Waals surface area contributed by atoms with E-state index in [0.717, 1.165) is 58.1 Å². The number of thiazole rings is 1. The van der Waals surface area contributed by atoms with Crippen molar-refractivity contribution in [1.82, 2.24) is 25.0 Å². The third-order valence-corrected chi connectivity index (χ3v) is 12.1. The van der Waals surface area contributed by atoms with Gasteiger partial charge in [0.15, 0.2) is 10.8 Å². The van der Waals surface area contributed by atoms with Crippen molar-refractivity contribution in [1.29, 1.82) is 0 Å². The number of ether oxygens (including phenoxy) is 2. The molecule has 2 saturated heterocycles. The summed E-state index contributed by atoms with van der Waals surface area (Å²) in [6.07, 6.45) is 6.90. The number of nitrogens with zero attached hydrogens (tertiary/aromatic N) is 6. The van der Waals surface area contributed by atoms with Crippen LogP contribution in [0.3, 0.4) is 0 Å². The van der Waals surface area contributed by atoms with E-state index in [1.165, 1.54) is 30.6 Å². The van der Waals surface area contributed by atoms with Crippen molar-refractivity contribution >= 4 is 44.4 Å². The van der Waals surface area contributed by atoms with E-state index in [9.17, 15) is 9.59 Å². The van der Waals surface area contributed by atoms with E-state index in [1.807, 2.05) is 80.9 Å². The standard InChI is InChI=1S/C40H43N7O4S/c1-23-34(44-45-47(23)22-40-19-24-16-25(20-40)18-27(17-24)50-40)29-12-13-33(42-35(29)37(49)51-39(2,3)4)46-15-14-26-8-7-9-28(30(26)21-46)36(48)43-38-41-31-10-5-6-11-32(31)52-38/h5-13,24-25,27H,14-22H2,1-4H3,(H,41,43,48). The molecule has 5 aliphatic rings. The molecule has 5 aromatic rings. The number of carbonyl (C=O) groups is 2. The van der Waals surface area contributed by atoms with Gasteiger partial charge in [-0.1, -0.05) is 40.8 Å². The van der Waals surface area contributed by atoms with E-state index in [-0.39, 0.29) is 17.2 Å². The van der Waals surface area contributed by atoms with Crippen LogP contribution in [0, 0.1) is 18.8 Å². The van der Waals surface area contributed by atoms with Gasteiger partial charge in [-0.15, -0.1) is 5.10 Å². The van der Waals surface area contributed by atoms with E-state index in [2.05, 4.69) is 31.6 Å². The zero-order valence-corrected chi connectivity index (χ0v) is 30.8. The van der Waals surface area contributed by atoms with Gasteiger partial charge < -0.3 is 14.4 Å². The maximum atomic E-state index is 13.9. The summed E-state index contributed by atoms with van der Waals surface area (Å²) in [6.45, 7) is 9.35. The smallest absolute Gasteiger partial charge is 0.358 e. The molecule has 52 heavy (non-hydrogen) atoms. The minimum absolute atomic E-state index is 0.196. The minimum Gasteiger partial charge on any atom is -0.455 e. The third-order valence-electron chi connectivity index (χ3n) is 11.1. The summed E-state index contributed by atoms with van der Waals surface area (Å²) in [4.78, 5) is 39.2. The summed E-state index contributed by atoms with van der Waals surface area (Å²) >= 11 is 1.45. The van der Waals surface area contributed by atoms with E-state index in [0.29, 0.717) is 53.5 Å². The molecule has 3 aromatic heterocycles. The maximum Gasteiger partial charge on any atom is 0.358 e. The molecule has 4 bridgehead atoms. The lowest BCUT2D eigenvalue weighted by Crippen LogP contribution is -2.56. The molecule has 2 aliphatic carbocycles. The normalized spacial score (nSPS) is 23.5. The second-order valence-corrected chi connectivity index (χ2v) is 17.1. The van der Waals surface area contributed by atoms with Crippen LogP contribution in [0.5, 0.6) is 0 Å². The number of anilines is 2. The lowest BCUT2D eigenvalue weighted by atomic mass is 9.62. The van der Waals surface area contributed by atoms with Gasteiger partial charge in [-0.3, -0.25) is 10.1 Å². The van der Waals surface area contributed by atoms with Gasteiger partial charge in [0, 0.05) is 24.2 Å². The topological polar surface area (TPSA) is 124 Å². The Morgan fingerprint density at radius 2 is 1.83 bits per heavy atom. The number of pyridine rings is 1. The van der Waals surface area contributed by atoms with Gasteiger partial charge in [0.05, 0.1) is 34.2 Å². The molecule has 2 aromatic carbocycles. The summed E-state index contributed by atoms with van der Waals surface area (Å²) in [5.74, 6) is 1.37. The largest absolute Gasteiger partial charge is 0.455 e. The van der Waals surface area contributed by atoms with Crippen LogP contribution >= 0.6 is 11.3 Å². The molecule has 0 radical (unpaired) electrons. The van der Waals surface area contributed by atoms with E-state index in [4.69, 9.17) is 14.5 Å². The molecule has 268 valence electrons. The second-order valence-electron chi connectivity index (χ2n) is 16.1. The molecular formula is C40H43N7O4S. The predicted octanol–water partition coefficient (Wildman–Crippen LogP) is 7.38. The lowest BCUT2D eigenvalue weighted by Gasteiger charge is -2.56. The number of rotatable bonds is 7. The number of para-hydroxylation sites is 1. The molecule has 6 heterocycles. The van der Waals surface area contributed by atoms with Gasteiger partial charge in [-0.25, -0.2) is 19.4 Å². The molecule has 12 heteroatoms. The van der Waals surface area contributed by atoms with E-state index < -0.39 is 11.6 Å². The zero-order valence-electron chi connectivity index (χ0n) is 30.0. The molecule has 4 fully saturated rings. The Morgan fingerprint density at radius 3 is 2.60 bits per heavy atom. The first-order valence-corrected chi connectivity index (χ1v) is 19.2. The Balaban J connectivity index is 1.01. The number of benzene rings is 2. The molecule has 0 spiro atoms. The number of nitrogens with one attached hydrogen (secondary N) is 1. The molecule has 2 unspecified atom stereocenters. The van der Waals surface area contributed by atoms with Crippen molar-refractivity contribution in [3.05, 3.63) is 82.7 Å². The summed E-state index contributed by atoms with van der Waals surface area (Å²) in [6, 6.07) is 17.5. The minimum atomic E-state index is -0.718. The first-order valence-electron chi connectivity index (χ1n) is 18.3. The molecule has 11 nitrogen and oxygen atoms in total. The van der Waals surface area contributed by atoms with Crippen LogP contribution in [0.25, 0.3) is 21.5 Å². The molecule has 10 rings (SSSR count). The highest BCUT2D eigenvalue weighted by Crippen LogP contribution is 2.53. The lowest BCUT2D eigenvalue weighted by molar-refractivity contribution is -0.226. The SMILES string of the molecule is Cc1c(-c2ccc(N3CCc4cccc(C(=O)Nc5nc6ccccc6s5)c4C3)nc2C(=O)OC(C)(C)C)nnn1CC12CC3CC(CC(C3)O1)C2. The Bertz CT molecular complexity index is 2150. The van der Waals surface area contributed by atoms with E-state index >= 15 is 0 Å². The van der Waals surface area contributed by atoms with Crippen molar-refractivity contribution in [3.8, 4) is 11.3 Å². The van der Waals surface area contributed by atoms with E-state index in [1.54, 1.807) is 0 Å². The average Bonchev–Trinajstić information content (AvgIpc) is 3.67. The summed E-state index contributed by atoms with van der Waals surface area (Å²) in [7, 11) is 0. The highest BCUT2D eigenvalue weighted by Gasteiger charge is 2.52. The van der Waals surface area contributed by atoms with Gasteiger partial charge in [0.1, 0.15) is 17.1 Å². The van der Waals surface area contributed by atoms with Crippen LogP contribution in [0.1, 0.15) is 90.5 Å². The highest BCUT2D eigenvalue weighted by molar-refractivity contribution is 7.22. The van der Waals surface area contributed by atoms with Crippen LogP contribution in [-0.4, -0.2) is 60.7 Å². The van der Waals surface area contributed by atoms with Crippen LogP contribution < -0.4 is 10.2 Å². The summed E-state index contributed by atoms with van der Waals surface area (Å²) in [5, 5.41) is 12.8. The fourth-order valence-corrected chi connectivity index (χ4v) is 9.96. The van der Waals surface area contributed by atoms with Crippen LogP contribution in [-0.2, 0) is 29.0 Å². The van der Waals surface area contributed by atoms with Crippen LogP contribution in [0.4, 0.5) is 10.9 Å². The molecule has 1 N–H and O–H groups in total. The Kier molecular flexibility index (Phi) is 7.96. The third kappa shape index (κ3) is 6.15. The predicted molar refractivity (Wildman–Crippen MR) is 200 cm³/mol. The molecule has 2 atom stereocenters. The summed E-state index contributed by atoms with van der Waals surface area (Å²) < 4.78 is 15.5. The van der Waals surface area contributed by atoms with Gasteiger partial charge in [-0.05, 0) is 120 Å². The Labute approximate surface area is 306 Å². The monoisotopic (exact) mass is 717 g/mol. The van der Waals surface area contributed by atoms with Gasteiger partial charge in [0.2, 0.25) is 0 Å². The first kappa shape index (κ1) is 33.2. The Hall–Kier alpha value is -4.68. The van der Waals surface area contributed by atoms with Crippen molar-refractivity contribution in [2.75, 3.05) is 16.8 Å². The Morgan fingerprint density at radius 1 is 1.02 bits per heavy atom. The van der Waals surface area contributed by atoms with Gasteiger partial charge in [-0.2, -0.15) is 0 Å². The second kappa shape index (κ2) is 12.5. The zero-order chi connectivity index (χ0) is 35.8. The number of aromatic nitrogens is 5. The fourth-order valence-electron chi connectivity index (χ4n) is 9.09. The number of hydrogen-bond donors (Lipinski definition) is 1. The number of hydrogen-bond acceptors (Lipinski definition) is 10. The van der Waals surface area contributed by atoms with Crippen molar-refractivity contribution in [3.63, 3.8) is 0 Å². The quantitative estimate of drug-likeness (QED) is 0.172. The number of fused-ring (bicyclic) bond motifs is 2. The molecule has 2 saturated carbocycles. The average molecular weight is 718 g/mol. The molecule has 3 aliphatic heterocycles. The maximum absolute atomic E-state index is 13.9. The number of amides is 1. The highest BCUT2D eigenvalue weighted by atomic mass is 32.1. The summed E-state index contributed by atoms with van der Waals surface area (Å²) in [5.41, 5.74) is 4.85. The van der Waals surface area contributed by atoms with Crippen LogP contribution in [0.15, 0.2) is 54.6 Å². The van der Waals surface area contributed by atoms with Crippen molar-refractivity contribution in [2.24, 2.45) is 11.8 Å². The van der Waals surface area contributed by atoms with Crippen molar-refractivity contribution in [2.45, 2.75) is 96.6 Å². The van der Waals surface area contributed by atoms with Gasteiger partial charge in [0.25, 0.3) is 5.91 Å². The van der Waals surface area contributed by atoms with Crippen molar-refractivity contribution < 1.29 is 19.1 Å². The number of esters is 1. The fraction of sp³-hybridized carbons (Fsp3) is 0.450. The first-order chi connectivity index (χ1) is 25.0. The van der Waals surface area contributed by atoms with Gasteiger partial charge >= 0.3 is 5.97 Å². The van der Waals surface area contributed by atoms with Crippen LogP contribution in [0.2, 0.25) is 0 Å². The molecule has 1 amide bonds. The molecular weight excluding hydrogens is 675 g/mol.